The Morgan fingerprint density at radius 2 is 1.97 bits per heavy atom. The third-order valence-corrected chi connectivity index (χ3v) is 3.65. The van der Waals surface area contributed by atoms with Crippen LogP contribution in [0.15, 0.2) is 16.5 Å². The largest absolute Gasteiger partial charge is 0.484 e. The molecule has 1 amide bonds. The topological polar surface area (TPSA) is 167 Å². The van der Waals surface area contributed by atoms with Gasteiger partial charge in [0.1, 0.15) is 12.2 Å². The predicted molar refractivity (Wildman–Crippen MR) is 102 cm³/mol. The van der Waals surface area contributed by atoms with Crippen molar-refractivity contribution in [1.82, 2.24) is 15.5 Å². The number of ether oxygens (including phenoxy) is 2. The van der Waals surface area contributed by atoms with Crippen LogP contribution in [0.25, 0.3) is 11.5 Å². The Kier molecular flexibility index (Phi) is 6.59. The number of aryl methyl sites for hydroxylation is 2. The van der Waals surface area contributed by atoms with E-state index in [0.29, 0.717) is 17.0 Å². The van der Waals surface area contributed by atoms with Crippen molar-refractivity contribution in [2.24, 2.45) is 0 Å². The van der Waals surface area contributed by atoms with E-state index in [0.717, 1.165) is 0 Å². The molecule has 2 N–H and O–H groups in total. The zero-order valence-corrected chi connectivity index (χ0v) is 17.1. The highest BCUT2D eigenvalue weighted by atomic mass is 16.6. The number of alkyl carbamates (subject to hydrolysis) is 1. The second kappa shape index (κ2) is 8.76. The Morgan fingerprint density at radius 1 is 1.30 bits per heavy atom. The molecule has 0 saturated carbocycles. The number of nitrogens with zero attached hydrogens (tertiary/aromatic N) is 3. The lowest BCUT2D eigenvalue weighted by Crippen LogP contribution is -2.46. The summed E-state index contributed by atoms with van der Waals surface area (Å²) in [6, 6.07) is 1.08. The molecule has 0 bridgehead atoms. The van der Waals surface area contributed by atoms with Crippen LogP contribution < -0.4 is 10.1 Å². The number of carbonyl (C=O) groups excluding carboxylic acids is 1. The molecule has 0 aliphatic heterocycles. The Bertz CT molecular complexity index is 964. The van der Waals surface area contributed by atoms with E-state index in [2.05, 4.69) is 15.5 Å². The molecular formula is C18H22N4O8. The second-order valence-electron chi connectivity index (χ2n) is 7.37. The normalized spacial score (nSPS) is 12.2. The van der Waals surface area contributed by atoms with Crippen LogP contribution in [-0.4, -0.2) is 50.5 Å². The number of hydrogen-bond acceptors (Lipinski definition) is 9. The lowest BCUT2D eigenvalue weighted by Gasteiger charge is -2.22. The first-order chi connectivity index (χ1) is 13.9. The number of nitro benzene ring substituents is 1. The SMILES string of the molecule is Cc1nnc(-c2cc([N+](=O)[O-])c(OC[C@H](NC(=O)OC(C)(C)C)C(=O)O)cc2C)o1. The zero-order valence-electron chi connectivity index (χ0n) is 17.1. The van der Waals surface area contributed by atoms with Crippen molar-refractivity contribution in [1.29, 1.82) is 0 Å². The van der Waals surface area contributed by atoms with Crippen molar-refractivity contribution in [3.05, 3.63) is 33.7 Å². The molecule has 1 atom stereocenters. The van der Waals surface area contributed by atoms with E-state index in [1.807, 2.05) is 0 Å². The fraction of sp³-hybridized carbons (Fsp3) is 0.444. The van der Waals surface area contributed by atoms with Gasteiger partial charge in [-0.1, -0.05) is 0 Å². The fourth-order valence-corrected chi connectivity index (χ4v) is 2.36. The lowest BCUT2D eigenvalue weighted by molar-refractivity contribution is -0.385. The standard InChI is InChI=1S/C18H22N4O8/c1-9-6-14(13(22(26)27)7-11(9)15-21-20-10(2)29-15)28-8-12(16(23)24)19-17(25)30-18(3,4)5/h6-7,12H,8H2,1-5H3,(H,19,25)(H,23,24)/t12-/m0/s1. The number of amides is 1. The molecule has 2 aromatic rings. The molecule has 12 nitrogen and oxygen atoms in total. The molecule has 0 saturated heterocycles. The molecule has 1 aromatic heterocycles. The molecule has 30 heavy (non-hydrogen) atoms. The molecule has 0 fully saturated rings. The van der Waals surface area contributed by atoms with E-state index in [1.54, 1.807) is 34.6 Å². The average molecular weight is 422 g/mol. The summed E-state index contributed by atoms with van der Waals surface area (Å²) in [4.78, 5) is 34.1. The van der Waals surface area contributed by atoms with E-state index in [9.17, 15) is 24.8 Å². The van der Waals surface area contributed by atoms with Gasteiger partial charge in [0, 0.05) is 18.6 Å². The van der Waals surface area contributed by atoms with Crippen LogP contribution in [0.2, 0.25) is 0 Å². The number of aromatic nitrogens is 2. The van der Waals surface area contributed by atoms with Gasteiger partial charge in [-0.15, -0.1) is 10.2 Å². The van der Waals surface area contributed by atoms with Gasteiger partial charge in [0.15, 0.2) is 11.8 Å². The molecule has 0 aliphatic carbocycles. The third-order valence-electron chi connectivity index (χ3n) is 3.65. The highest BCUT2D eigenvalue weighted by Crippen LogP contribution is 2.35. The van der Waals surface area contributed by atoms with E-state index in [-0.39, 0.29) is 11.6 Å². The van der Waals surface area contributed by atoms with Crippen LogP contribution >= 0.6 is 0 Å². The fourth-order valence-electron chi connectivity index (χ4n) is 2.36. The number of carboxylic acids is 1. The van der Waals surface area contributed by atoms with Gasteiger partial charge < -0.3 is 24.3 Å². The Hall–Kier alpha value is -3.70. The first-order valence-electron chi connectivity index (χ1n) is 8.82. The molecule has 1 aromatic carbocycles. The Balaban J connectivity index is 2.23. The molecule has 162 valence electrons. The molecule has 0 spiro atoms. The van der Waals surface area contributed by atoms with E-state index in [1.165, 1.54) is 12.1 Å². The number of benzene rings is 1. The highest BCUT2D eigenvalue weighted by molar-refractivity contribution is 5.80. The minimum atomic E-state index is -1.49. The summed E-state index contributed by atoms with van der Waals surface area (Å²) >= 11 is 0. The molecule has 1 heterocycles. The minimum absolute atomic E-state index is 0.106. The van der Waals surface area contributed by atoms with Gasteiger partial charge in [-0.25, -0.2) is 9.59 Å². The van der Waals surface area contributed by atoms with Crippen molar-refractivity contribution in [3.63, 3.8) is 0 Å². The van der Waals surface area contributed by atoms with Crippen molar-refractivity contribution in [2.75, 3.05) is 6.61 Å². The lowest BCUT2D eigenvalue weighted by atomic mass is 10.1. The van der Waals surface area contributed by atoms with E-state index >= 15 is 0 Å². The first kappa shape index (κ1) is 22.6. The number of aliphatic carboxylic acids is 1. The summed E-state index contributed by atoms with van der Waals surface area (Å²) in [6.07, 6.45) is -0.953. The average Bonchev–Trinajstić information content (AvgIpc) is 3.02. The van der Waals surface area contributed by atoms with E-state index < -0.39 is 40.9 Å². The van der Waals surface area contributed by atoms with Gasteiger partial charge in [0.2, 0.25) is 11.8 Å². The van der Waals surface area contributed by atoms with Gasteiger partial charge in [-0.05, 0) is 39.3 Å². The number of carbonyl (C=O) groups is 2. The molecule has 2 rings (SSSR count). The monoisotopic (exact) mass is 422 g/mol. The highest BCUT2D eigenvalue weighted by Gasteiger charge is 2.27. The minimum Gasteiger partial charge on any atom is -0.484 e. The van der Waals surface area contributed by atoms with E-state index in [4.69, 9.17) is 13.9 Å². The van der Waals surface area contributed by atoms with Crippen molar-refractivity contribution >= 4 is 17.7 Å². The molecular weight excluding hydrogens is 400 g/mol. The maximum absolute atomic E-state index is 11.8. The van der Waals surface area contributed by atoms with Gasteiger partial charge in [-0.3, -0.25) is 10.1 Å². The summed E-state index contributed by atoms with van der Waals surface area (Å²) in [7, 11) is 0. The van der Waals surface area contributed by atoms with Crippen LogP contribution in [-0.2, 0) is 9.53 Å². The summed E-state index contributed by atoms with van der Waals surface area (Å²) in [5, 5.41) is 30.5. The number of rotatable bonds is 7. The number of hydrogen-bond donors (Lipinski definition) is 2. The second-order valence-corrected chi connectivity index (χ2v) is 7.37. The number of nitrogens with one attached hydrogen (secondary N) is 1. The molecule has 0 radical (unpaired) electrons. The van der Waals surface area contributed by atoms with Gasteiger partial charge in [-0.2, -0.15) is 0 Å². The first-order valence-corrected chi connectivity index (χ1v) is 8.82. The van der Waals surface area contributed by atoms with Crippen LogP contribution in [0.4, 0.5) is 10.5 Å². The van der Waals surface area contributed by atoms with Crippen LogP contribution in [0.1, 0.15) is 32.2 Å². The maximum atomic E-state index is 11.8. The predicted octanol–water partition coefficient (Wildman–Crippen LogP) is 2.62. The number of nitro groups is 1. The third kappa shape index (κ3) is 5.90. The quantitative estimate of drug-likeness (QED) is 0.500. The summed E-state index contributed by atoms with van der Waals surface area (Å²) in [5.74, 6) is -1.16. The molecule has 12 heteroatoms. The smallest absolute Gasteiger partial charge is 0.408 e. The zero-order chi connectivity index (χ0) is 22.6. The van der Waals surface area contributed by atoms with Crippen molar-refractivity contribution in [3.8, 4) is 17.2 Å². The summed E-state index contributed by atoms with van der Waals surface area (Å²) in [5.41, 5.74) is -0.372. The molecule has 0 unspecified atom stereocenters. The summed E-state index contributed by atoms with van der Waals surface area (Å²) < 4.78 is 15.7. The van der Waals surface area contributed by atoms with Crippen LogP contribution in [0.3, 0.4) is 0 Å². The van der Waals surface area contributed by atoms with Crippen LogP contribution in [0.5, 0.6) is 5.75 Å². The Labute approximate surface area is 171 Å². The van der Waals surface area contributed by atoms with Gasteiger partial charge >= 0.3 is 17.7 Å². The van der Waals surface area contributed by atoms with Crippen molar-refractivity contribution in [2.45, 2.75) is 46.3 Å². The number of carboxylic acid groups (broad SMARTS) is 1. The Morgan fingerprint density at radius 3 is 2.47 bits per heavy atom. The summed E-state index contributed by atoms with van der Waals surface area (Å²) in [6.45, 7) is 7.54. The van der Waals surface area contributed by atoms with Gasteiger partial charge in [0.25, 0.3) is 0 Å². The molecule has 0 aliphatic rings. The maximum Gasteiger partial charge on any atom is 0.408 e. The van der Waals surface area contributed by atoms with Crippen LogP contribution in [0, 0.1) is 24.0 Å². The van der Waals surface area contributed by atoms with Gasteiger partial charge in [0.05, 0.1) is 4.92 Å². The van der Waals surface area contributed by atoms with Crippen molar-refractivity contribution < 1.29 is 33.5 Å².